The van der Waals surface area contributed by atoms with E-state index in [1.165, 1.54) is 36.8 Å². The van der Waals surface area contributed by atoms with Crippen molar-refractivity contribution in [1.82, 2.24) is 4.57 Å². The zero-order valence-corrected chi connectivity index (χ0v) is 14.2. The average molecular weight is 358 g/mol. The third-order valence-electron chi connectivity index (χ3n) is 3.56. The summed E-state index contributed by atoms with van der Waals surface area (Å²) in [4.78, 5) is 11.0. The van der Waals surface area contributed by atoms with Crippen LogP contribution >= 0.6 is 11.3 Å². The molecule has 3 rings (SSSR count). The van der Waals surface area contributed by atoms with Gasteiger partial charge < -0.3 is 14.4 Å². The second-order valence-electron chi connectivity index (χ2n) is 5.10. The molecule has 0 aliphatic carbocycles. The molecule has 0 fully saturated rings. The summed E-state index contributed by atoms with van der Waals surface area (Å²) in [6.07, 6.45) is 1.37. The summed E-state index contributed by atoms with van der Waals surface area (Å²) in [5.41, 5.74) is 0.991. The number of para-hydroxylation sites is 1. The summed E-state index contributed by atoms with van der Waals surface area (Å²) in [6.45, 7) is 0. The zero-order valence-electron chi connectivity index (χ0n) is 13.4. The standard InChI is InChI=1S/C16H14N4O4S/c1-19-11-5-3-4-6-14(11)25-16(19)18-17-9-10-7-12(20(22)23)15(21)13(8-10)24-2/h3-9,21H,1-2H3/b17-9+,18-16-. The number of ether oxygens (including phenoxy) is 1. The SMILES string of the molecule is COc1cc(/C=N/N=c2\sc3ccccc3n2C)cc([N+](=O)[O-])c1O. The molecule has 0 atom stereocenters. The Hall–Kier alpha value is -3.20. The molecule has 1 N–H and O–H groups in total. The Bertz CT molecular complexity index is 1050. The lowest BCUT2D eigenvalue weighted by Crippen LogP contribution is -2.08. The molecule has 0 bridgehead atoms. The molecule has 0 aliphatic heterocycles. The van der Waals surface area contributed by atoms with Crippen molar-refractivity contribution in [2.75, 3.05) is 7.11 Å². The lowest BCUT2D eigenvalue weighted by Gasteiger charge is -2.04. The molecule has 0 saturated heterocycles. The Morgan fingerprint density at radius 1 is 1.36 bits per heavy atom. The fourth-order valence-corrected chi connectivity index (χ4v) is 3.28. The predicted octanol–water partition coefficient (Wildman–Crippen LogP) is 2.80. The molecule has 3 aromatic rings. The van der Waals surface area contributed by atoms with E-state index in [-0.39, 0.29) is 5.75 Å². The number of nitro benzene ring substituents is 1. The van der Waals surface area contributed by atoms with Crippen LogP contribution in [0, 0.1) is 10.1 Å². The lowest BCUT2D eigenvalue weighted by molar-refractivity contribution is -0.386. The number of hydrogen-bond acceptors (Lipinski definition) is 7. The van der Waals surface area contributed by atoms with Crippen molar-refractivity contribution in [2.45, 2.75) is 0 Å². The molecule has 1 aromatic heterocycles. The normalized spacial score (nSPS) is 12.2. The van der Waals surface area contributed by atoms with Gasteiger partial charge in [0.1, 0.15) is 0 Å². The highest BCUT2D eigenvalue weighted by Gasteiger charge is 2.19. The number of nitro groups is 1. The number of phenols is 1. The minimum atomic E-state index is -0.682. The van der Waals surface area contributed by atoms with E-state index in [1.807, 2.05) is 35.9 Å². The molecule has 8 nitrogen and oxygen atoms in total. The van der Waals surface area contributed by atoms with E-state index in [0.717, 1.165) is 10.2 Å². The van der Waals surface area contributed by atoms with E-state index in [4.69, 9.17) is 4.74 Å². The van der Waals surface area contributed by atoms with E-state index in [9.17, 15) is 15.2 Å². The molecule has 25 heavy (non-hydrogen) atoms. The molecule has 9 heteroatoms. The maximum absolute atomic E-state index is 11.0. The average Bonchev–Trinajstić information content (AvgIpc) is 2.92. The van der Waals surface area contributed by atoms with E-state index >= 15 is 0 Å². The fourth-order valence-electron chi connectivity index (χ4n) is 2.31. The van der Waals surface area contributed by atoms with Crippen LogP contribution in [0.2, 0.25) is 0 Å². The maximum Gasteiger partial charge on any atom is 0.315 e. The van der Waals surface area contributed by atoms with Gasteiger partial charge in [-0.3, -0.25) is 10.1 Å². The van der Waals surface area contributed by atoms with Gasteiger partial charge in [0.25, 0.3) is 0 Å². The van der Waals surface area contributed by atoms with Crippen LogP contribution in [0.15, 0.2) is 46.6 Å². The van der Waals surface area contributed by atoms with Crippen LogP contribution < -0.4 is 9.54 Å². The second kappa shape index (κ2) is 6.73. The van der Waals surface area contributed by atoms with Crippen molar-refractivity contribution in [3.8, 4) is 11.5 Å². The first-order chi connectivity index (χ1) is 12.0. The van der Waals surface area contributed by atoms with Gasteiger partial charge in [-0.25, -0.2) is 0 Å². The number of aromatic hydroxyl groups is 1. The summed E-state index contributed by atoms with van der Waals surface area (Å²) < 4.78 is 7.95. The van der Waals surface area contributed by atoms with Crippen molar-refractivity contribution in [3.63, 3.8) is 0 Å². The first kappa shape index (κ1) is 16.7. The van der Waals surface area contributed by atoms with Gasteiger partial charge in [-0.05, 0) is 18.2 Å². The molecule has 1 heterocycles. The number of fused-ring (bicyclic) bond motifs is 1. The van der Waals surface area contributed by atoms with Crippen LogP contribution in [0.3, 0.4) is 0 Å². The summed E-state index contributed by atoms with van der Waals surface area (Å²) in [6, 6.07) is 10.5. The van der Waals surface area contributed by atoms with Gasteiger partial charge in [-0.1, -0.05) is 23.5 Å². The first-order valence-corrected chi connectivity index (χ1v) is 8.00. The van der Waals surface area contributed by atoms with Crippen molar-refractivity contribution in [1.29, 1.82) is 0 Å². The Labute approximate surface area is 146 Å². The van der Waals surface area contributed by atoms with Gasteiger partial charge >= 0.3 is 5.69 Å². The molecule has 128 valence electrons. The van der Waals surface area contributed by atoms with Crippen LogP contribution in [0.5, 0.6) is 11.5 Å². The Morgan fingerprint density at radius 2 is 2.12 bits per heavy atom. The molecule has 0 unspecified atom stereocenters. The van der Waals surface area contributed by atoms with Gasteiger partial charge in [0.15, 0.2) is 5.75 Å². The number of hydrogen-bond donors (Lipinski definition) is 1. The third-order valence-corrected chi connectivity index (χ3v) is 4.66. The van der Waals surface area contributed by atoms with Gasteiger partial charge in [0, 0.05) is 18.7 Å². The van der Waals surface area contributed by atoms with E-state index in [2.05, 4.69) is 10.2 Å². The highest BCUT2D eigenvalue weighted by atomic mass is 32.1. The van der Waals surface area contributed by atoms with Crippen molar-refractivity contribution in [2.24, 2.45) is 17.3 Å². The molecule has 0 spiro atoms. The number of phenolic OH excluding ortho intramolecular Hbond substituents is 1. The van der Waals surface area contributed by atoms with E-state index < -0.39 is 16.4 Å². The van der Waals surface area contributed by atoms with Crippen LogP contribution in [0.4, 0.5) is 5.69 Å². The van der Waals surface area contributed by atoms with Gasteiger partial charge in [0.05, 0.1) is 28.5 Å². The molecule has 2 aromatic carbocycles. The quantitative estimate of drug-likeness (QED) is 0.440. The Balaban J connectivity index is 2.00. The van der Waals surface area contributed by atoms with Crippen molar-refractivity contribution >= 4 is 33.5 Å². The van der Waals surface area contributed by atoms with E-state index in [1.54, 1.807) is 0 Å². The number of thiazole rings is 1. The number of aromatic nitrogens is 1. The zero-order chi connectivity index (χ0) is 18.0. The topological polar surface area (TPSA) is 102 Å². The number of nitrogens with zero attached hydrogens (tertiary/aromatic N) is 4. The summed E-state index contributed by atoms with van der Waals surface area (Å²) >= 11 is 1.49. The third kappa shape index (κ3) is 3.22. The Kier molecular flexibility index (Phi) is 4.48. The predicted molar refractivity (Wildman–Crippen MR) is 95.3 cm³/mol. The second-order valence-corrected chi connectivity index (χ2v) is 6.11. The maximum atomic E-state index is 11.0. The summed E-state index contributed by atoms with van der Waals surface area (Å²) in [5, 5.41) is 28.9. The number of rotatable bonds is 4. The van der Waals surface area contributed by atoms with Gasteiger partial charge in [-0.2, -0.15) is 5.10 Å². The molecule has 0 saturated carbocycles. The van der Waals surface area contributed by atoms with E-state index in [0.29, 0.717) is 10.4 Å². The minimum absolute atomic E-state index is 0.00284. The highest BCUT2D eigenvalue weighted by Crippen LogP contribution is 2.36. The van der Waals surface area contributed by atoms with Gasteiger partial charge in [0.2, 0.25) is 10.6 Å². The minimum Gasteiger partial charge on any atom is -0.500 e. The smallest absolute Gasteiger partial charge is 0.315 e. The largest absolute Gasteiger partial charge is 0.500 e. The number of methoxy groups -OCH3 is 1. The number of benzene rings is 2. The fraction of sp³-hybridized carbons (Fsp3) is 0.125. The number of aryl methyl sites for hydroxylation is 1. The molecule has 0 amide bonds. The van der Waals surface area contributed by atoms with Crippen LogP contribution in [-0.2, 0) is 7.05 Å². The van der Waals surface area contributed by atoms with Crippen LogP contribution in [-0.4, -0.2) is 27.9 Å². The van der Waals surface area contributed by atoms with Crippen molar-refractivity contribution < 1.29 is 14.8 Å². The van der Waals surface area contributed by atoms with Gasteiger partial charge in [-0.15, -0.1) is 5.10 Å². The Morgan fingerprint density at radius 3 is 2.80 bits per heavy atom. The molecule has 0 radical (unpaired) electrons. The van der Waals surface area contributed by atoms with Crippen LogP contribution in [0.25, 0.3) is 10.2 Å². The summed E-state index contributed by atoms with van der Waals surface area (Å²) in [7, 11) is 3.21. The summed E-state index contributed by atoms with van der Waals surface area (Å²) in [5.74, 6) is -0.513. The highest BCUT2D eigenvalue weighted by molar-refractivity contribution is 7.16. The van der Waals surface area contributed by atoms with Crippen LogP contribution in [0.1, 0.15) is 5.56 Å². The molecule has 0 aliphatic rings. The molecular weight excluding hydrogens is 344 g/mol. The lowest BCUT2D eigenvalue weighted by atomic mass is 10.2. The molecular formula is C16H14N4O4S. The van der Waals surface area contributed by atoms with Crippen molar-refractivity contribution in [3.05, 3.63) is 56.9 Å². The monoisotopic (exact) mass is 358 g/mol. The first-order valence-electron chi connectivity index (χ1n) is 7.18.